The molecule has 0 spiro atoms. The lowest BCUT2D eigenvalue weighted by atomic mass is 9.97. The van der Waals surface area contributed by atoms with Crippen LogP contribution in [-0.4, -0.2) is 97.5 Å². The summed E-state index contributed by atoms with van der Waals surface area (Å²) in [4.78, 5) is 12.1. The maximum Gasteiger partial charge on any atom is 0.303 e. The van der Waals surface area contributed by atoms with Gasteiger partial charge in [0.05, 0.1) is 31.5 Å². The third kappa shape index (κ3) is 8.81. The second-order valence-corrected chi connectivity index (χ2v) is 17.0. The first-order chi connectivity index (χ1) is 19.3. The molecule has 234 valence electrons. The van der Waals surface area contributed by atoms with Gasteiger partial charge in [0.1, 0.15) is 12.2 Å². The Hall–Kier alpha value is -1.41. The van der Waals surface area contributed by atoms with E-state index in [1.165, 1.54) is 21.1 Å². The first kappa shape index (κ1) is 34.1. The van der Waals surface area contributed by atoms with Crippen molar-refractivity contribution in [2.24, 2.45) is 0 Å². The maximum atomic E-state index is 12.1. The van der Waals surface area contributed by atoms with E-state index in [0.717, 1.165) is 5.56 Å². The predicted octanol–water partition coefficient (Wildman–Crippen LogP) is 4.45. The Morgan fingerprint density at radius 3 is 2.22 bits per heavy atom. The summed E-state index contributed by atoms with van der Waals surface area (Å²) in [6.07, 6.45) is -4.91. The molecule has 2 fully saturated rings. The molecule has 1 aromatic rings. The Balaban J connectivity index is 1.86. The zero-order valence-electron chi connectivity index (χ0n) is 26.3. The highest BCUT2D eigenvalue weighted by molar-refractivity contribution is 6.74. The van der Waals surface area contributed by atoms with E-state index in [2.05, 4.69) is 33.9 Å². The van der Waals surface area contributed by atoms with Gasteiger partial charge in [-0.2, -0.15) is 0 Å². The van der Waals surface area contributed by atoms with Crippen LogP contribution in [0.1, 0.15) is 46.6 Å². The minimum Gasteiger partial charge on any atom is -0.457 e. The molecule has 0 saturated carbocycles. The fourth-order valence-electron chi connectivity index (χ4n) is 5.01. The van der Waals surface area contributed by atoms with Crippen LogP contribution in [0.2, 0.25) is 18.1 Å². The van der Waals surface area contributed by atoms with Crippen molar-refractivity contribution in [3.63, 3.8) is 0 Å². The Morgan fingerprint density at radius 1 is 0.976 bits per heavy atom. The van der Waals surface area contributed by atoms with Gasteiger partial charge in [-0.25, -0.2) is 0 Å². The van der Waals surface area contributed by atoms with Crippen molar-refractivity contribution in [1.29, 1.82) is 0 Å². The average molecular weight is 599 g/mol. The maximum absolute atomic E-state index is 12.1. The fourth-order valence-corrected chi connectivity index (χ4v) is 6.39. The van der Waals surface area contributed by atoms with Gasteiger partial charge in [-0.05, 0) is 30.6 Å². The van der Waals surface area contributed by atoms with Gasteiger partial charge in [0.25, 0.3) is 0 Å². The molecule has 1 aromatic carbocycles. The summed E-state index contributed by atoms with van der Waals surface area (Å²) in [5.74, 6) is -0.469. The molecular weight excluding hydrogens is 548 g/mol. The Bertz CT molecular complexity index is 939. The minimum atomic E-state index is -2.15. The first-order valence-corrected chi connectivity index (χ1v) is 17.2. The van der Waals surface area contributed by atoms with Crippen LogP contribution in [0.5, 0.6) is 0 Å². The van der Waals surface area contributed by atoms with Crippen molar-refractivity contribution in [1.82, 2.24) is 0 Å². The first-order valence-electron chi connectivity index (χ1n) is 14.3. The summed E-state index contributed by atoms with van der Waals surface area (Å²) < 4.78 is 54.9. The molecule has 0 aliphatic carbocycles. The molecule has 2 heterocycles. The number of benzene rings is 1. The number of ether oxygens (including phenoxy) is 8. The normalized spacial score (nSPS) is 33.0. The number of rotatable bonds is 12. The average Bonchev–Trinajstić information content (AvgIpc) is 2.90. The van der Waals surface area contributed by atoms with Crippen LogP contribution >= 0.6 is 0 Å². The van der Waals surface area contributed by atoms with E-state index in [1.54, 1.807) is 7.11 Å². The fraction of sp³-hybridized carbons (Fsp3) is 0.767. The summed E-state index contributed by atoms with van der Waals surface area (Å²) in [6, 6.07) is 10.0. The van der Waals surface area contributed by atoms with E-state index in [-0.39, 0.29) is 30.0 Å². The molecule has 0 N–H and O–H groups in total. The van der Waals surface area contributed by atoms with Crippen molar-refractivity contribution in [2.45, 2.75) is 121 Å². The lowest BCUT2D eigenvalue weighted by Gasteiger charge is -2.48. The number of carbonyl (C=O) groups is 1. The summed E-state index contributed by atoms with van der Waals surface area (Å²) in [5.41, 5.74) is 1.07. The number of carbonyl (C=O) groups excluding carboxylic acids is 1. The van der Waals surface area contributed by atoms with E-state index in [4.69, 9.17) is 42.3 Å². The molecule has 0 amide bonds. The molecule has 2 aliphatic rings. The van der Waals surface area contributed by atoms with E-state index >= 15 is 0 Å². The highest BCUT2D eigenvalue weighted by atomic mass is 28.4. The van der Waals surface area contributed by atoms with Gasteiger partial charge in [-0.3, -0.25) is 4.79 Å². The van der Waals surface area contributed by atoms with Gasteiger partial charge in [0, 0.05) is 34.7 Å². The summed E-state index contributed by atoms with van der Waals surface area (Å²) >= 11 is 0. The van der Waals surface area contributed by atoms with Gasteiger partial charge >= 0.3 is 5.97 Å². The molecule has 11 heteroatoms. The molecule has 0 unspecified atom stereocenters. The van der Waals surface area contributed by atoms with E-state index in [9.17, 15) is 4.79 Å². The van der Waals surface area contributed by atoms with Crippen LogP contribution in [0.25, 0.3) is 0 Å². The zero-order valence-corrected chi connectivity index (χ0v) is 27.3. The monoisotopic (exact) mass is 598 g/mol. The Kier molecular flexibility index (Phi) is 12.3. The van der Waals surface area contributed by atoms with Crippen LogP contribution in [0.4, 0.5) is 0 Å². The smallest absolute Gasteiger partial charge is 0.303 e. The second-order valence-electron chi connectivity index (χ2n) is 12.3. The van der Waals surface area contributed by atoms with Gasteiger partial charge in [0.2, 0.25) is 0 Å². The molecular formula is C30H50O10Si. The highest BCUT2D eigenvalue weighted by Crippen LogP contribution is 2.40. The summed E-state index contributed by atoms with van der Waals surface area (Å²) in [7, 11) is 2.47. The predicted molar refractivity (Wildman–Crippen MR) is 155 cm³/mol. The van der Waals surface area contributed by atoms with Crippen LogP contribution in [0.3, 0.4) is 0 Å². The van der Waals surface area contributed by atoms with Crippen molar-refractivity contribution >= 4 is 14.3 Å². The third-order valence-corrected chi connectivity index (χ3v) is 12.7. The van der Waals surface area contributed by atoms with Crippen molar-refractivity contribution < 1.29 is 47.1 Å². The number of hydrogen-bond acceptors (Lipinski definition) is 10. The topological polar surface area (TPSA) is 100 Å². The number of esters is 1. The number of methoxy groups -OCH3 is 3. The molecule has 9 atom stereocenters. The van der Waals surface area contributed by atoms with Gasteiger partial charge in [-0.15, -0.1) is 0 Å². The molecule has 0 aromatic heterocycles. The van der Waals surface area contributed by atoms with E-state index in [0.29, 0.717) is 13.0 Å². The SMILES string of the molecule is COC[C@H]1O[C@H](OC)[C@H](O[C@@H]2C[C@@H](OCc3ccccc3)[C@H](O[Si](C)(C)C(C)(C)C)[C@@H](C)O2)[C@@H](OC(C)=O)[C@@H]1OC. The van der Waals surface area contributed by atoms with Crippen LogP contribution < -0.4 is 0 Å². The Morgan fingerprint density at radius 2 is 1.66 bits per heavy atom. The number of hydrogen-bond donors (Lipinski definition) is 0. The van der Waals surface area contributed by atoms with Gasteiger partial charge in [0.15, 0.2) is 33.1 Å². The van der Waals surface area contributed by atoms with Crippen molar-refractivity contribution in [3.8, 4) is 0 Å². The largest absolute Gasteiger partial charge is 0.457 e. The molecule has 2 saturated heterocycles. The zero-order chi connectivity index (χ0) is 30.4. The standard InChI is InChI=1S/C30H50O10Si/c1-19-25(40-41(9,10)30(3,4)5)22(35-17-21-14-12-11-13-15-21)16-24(36-19)39-28-27(37-20(2)31)26(33-7)23(18-32-6)38-29(28)34-8/h11-15,19,22-29H,16-18H2,1-10H3/t19-,22-,23-,24-,25-,26-,27+,28-,29+/m1/s1. The van der Waals surface area contributed by atoms with Gasteiger partial charge < -0.3 is 42.3 Å². The lowest BCUT2D eigenvalue weighted by Crippen LogP contribution is -2.63. The molecule has 3 rings (SSSR count). The summed E-state index contributed by atoms with van der Waals surface area (Å²) in [6.45, 7) is 15.1. The van der Waals surface area contributed by atoms with Gasteiger partial charge in [-0.1, -0.05) is 51.1 Å². The molecule has 41 heavy (non-hydrogen) atoms. The highest BCUT2D eigenvalue weighted by Gasteiger charge is 2.52. The molecule has 0 radical (unpaired) electrons. The van der Waals surface area contributed by atoms with E-state index in [1.807, 2.05) is 37.3 Å². The third-order valence-electron chi connectivity index (χ3n) is 8.20. The summed E-state index contributed by atoms with van der Waals surface area (Å²) in [5, 5.41) is 0.0142. The van der Waals surface area contributed by atoms with Crippen LogP contribution in [-0.2, 0) is 53.7 Å². The van der Waals surface area contributed by atoms with E-state index < -0.39 is 51.3 Å². The van der Waals surface area contributed by atoms with Crippen LogP contribution in [0, 0.1) is 0 Å². The second kappa shape index (κ2) is 14.9. The van der Waals surface area contributed by atoms with Crippen molar-refractivity contribution in [3.05, 3.63) is 35.9 Å². The molecule has 0 bridgehead atoms. The Labute approximate surface area is 246 Å². The molecule has 10 nitrogen and oxygen atoms in total. The molecule has 2 aliphatic heterocycles. The quantitative estimate of drug-likeness (QED) is 0.253. The lowest BCUT2D eigenvalue weighted by molar-refractivity contribution is -0.348. The van der Waals surface area contributed by atoms with Crippen molar-refractivity contribution in [2.75, 3.05) is 27.9 Å². The van der Waals surface area contributed by atoms with Crippen LogP contribution in [0.15, 0.2) is 30.3 Å². The minimum absolute atomic E-state index is 0.0142.